The zero-order chi connectivity index (χ0) is 18.9. The molecule has 1 N–H and O–H groups in total. The molecular formula is C18H18FN3O3S. The van der Waals surface area contributed by atoms with Crippen LogP contribution >= 0.6 is 0 Å². The highest BCUT2D eigenvalue weighted by molar-refractivity contribution is 7.92. The van der Waals surface area contributed by atoms with Gasteiger partial charge in [-0.05, 0) is 12.1 Å². The predicted molar refractivity (Wildman–Crippen MR) is 97.7 cm³/mol. The highest BCUT2D eigenvalue weighted by Gasteiger charge is 2.33. The van der Waals surface area contributed by atoms with Crippen LogP contribution in [0.2, 0.25) is 0 Å². The molecule has 1 heterocycles. The molecule has 0 bridgehead atoms. The molecular weight excluding hydrogens is 357 g/mol. The molecule has 1 aliphatic heterocycles. The number of carbonyl (C=O) groups is 1. The van der Waals surface area contributed by atoms with Crippen LogP contribution in [0.4, 0.5) is 10.1 Å². The number of hydrazone groups is 1. The van der Waals surface area contributed by atoms with Crippen LogP contribution in [0.25, 0.3) is 0 Å². The van der Waals surface area contributed by atoms with E-state index in [1.807, 2.05) is 0 Å². The highest BCUT2D eigenvalue weighted by Crippen LogP contribution is 2.35. The van der Waals surface area contributed by atoms with E-state index >= 15 is 0 Å². The Kier molecular flexibility index (Phi) is 4.78. The normalized spacial score (nSPS) is 17.1. The molecule has 8 heteroatoms. The lowest BCUT2D eigenvalue weighted by atomic mass is 9.97. The Bertz CT molecular complexity index is 989. The van der Waals surface area contributed by atoms with Crippen molar-refractivity contribution < 1.29 is 17.6 Å². The Hall–Kier alpha value is -2.74. The molecule has 0 saturated heterocycles. The van der Waals surface area contributed by atoms with Crippen molar-refractivity contribution in [3.63, 3.8) is 0 Å². The fourth-order valence-corrected chi connectivity index (χ4v) is 3.55. The fraction of sp³-hybridized carbons (Fsp3) is 0.222. The third-order valence-corrected chi connectivity index (χ3v) is 4.62. The molecule has 3 rings (SSSR count). The molecule has 0 aromatic heterocycles. The van der Waals surface area contributed by atoms with Gasteiger partial charge in [0.15, 0.2) is 0 Å². The molecule has 1 amide bonds. The molecule has 2 aromatic carbocycles. The molecule has 0 radical (unpaired) electrons. The first-order valence-electron chi connectivity index (χ1n) is 7.95. The summed E-state index contributed by atoms with van der Waals surface area (Å²) in [5, 5.41) is 5.59. The average molecular weight is 375 g/mol. The van der Waals surface area contributed by atoms with Crippen LogP contribution in [0, 0.1) is 5.82 Å². The second kappa shape index (κ2) is 6.87. The van der Waals surface area contributed by atoms with Gasteiger partial charge in [-0.15, -0.1) is 0 Å². The Balaban J connectivity index is 2.02. The first-order chi connectivity index (χ1) is 12.3. The summed E-state index contributed by atoms with van der Waals surface area (Å²) >= 11 is 0. The molecule has 136 valence electrons. The summed E-state index contributed by atoms with van der Waals surface area (Å²) in [5.41, 5.74) is 1.81. The molecule has 2 aromatic rings. The first kappa shape index (κ1) is 18.1. The summed E-state index contributed by atoms with van der Waals surface area (Å²) < 4.78 is 39.9. The van der Waals surface area contributed by atoms with E-state index in [0.29, 0.717) is 22.5 Å². The largest absolute Gasteiger partial charge is 0.283 e. The van der Waals surface area contributed by atoms with Gasteiger partial charge in [0.1, 0.15) is 5.82 Å². The Morgan fingerprint density at radius 2 is 1.85 bits per heavy atom. The Labute approximate surface area is 151 Å². The second-order valence-electron chi connectivity index (χ2n) is 6.07. The number of nitrogens with one attached hydrogen (secondary N) is 1. The fourth-order valence-electron chi connectivity index (χ4n) is 2.97. The van der Waals surface area contributed by atoms with Crippen LogP contribution in [0.15, 0.2) is 53.6 Å². The quantitative estimate of drug-likeness (QED) is 0.892. The van der Waals surface area contributed by atoms with Gasteiger partial charge >= 0.3 is 0 Å². The number of carbonyl (C=O) groups excluding carboxylic acids is 1. The molecule has 6 nitrogen and oxygen atoms in total. The van der Waals surface area contributed by atoms with E-state index in [9.17, 15) is 17.6 Å². The van der Waals surface area contributed by atoms with Crippen molar-refractivity contribution >= 4 is 27.3 Å². The summed E-state index contributed by atoms with van der Waals surface area (Å²) in [7, 11) is -3.48. The van der Waals surface area contributed by atoms with Crippen LogP contribution in [-0.4, -0.2) is 31.3 Å². The van der Waals surface area contributed by atoms with Crippen molar-refractivity contribution in [1.82, 2.24) is 5.01 Å². The van der Waals surface area contributed by atoms with Gasteiger partial charge in [-0.1, -0.05) is 36.4 Å². The topological polar surface area (TPSA) is 78.8 Å². The average Bonchev–Trinajstić information content (AvgIpc) is 2.99. The summed E-state index contributed by atoms with van der Waals surface area (Å²) in [6.45, 7) is 1.36. The van der Waals surface area contributed by atoms with E-state index in [1.165, 1.54) is 18.0 Å². The van der Waals surface area contributed by atoms with Gasteiger partial charge in [-0.3, -0.25) is 9.52 Å². The molecule has 0 aliphatic carbocycles. The molecule has 1 atom stereocenters. The van der Waals surface area contributed by atoms with E-state index < -0.39 is 21.9 Å². The van der Waals surface area contributed by atoms with Crippen molar-refractivity contribution in [2.75, 3.05) is 11.0 Å². The molecule has 1 aliphatic rings. The minimum Gasteiger partial charge on any atom is -0.283 e. The summed E-state index contributed by atoms with van der Waals surface area (Å²) in [6.07, 6.45) is 1.34. The number of hydrogen-bond donors (Lipinski definition) is 1. The highest BCUT2D eigenvalue weighted by atomic mass is 32.2. The smallest absolute Gasteiger partial charge is 0.240 e. The number of hydrogen-bond acceptors (Lipinski definition) is 4. The van der Waals surface area contributed by atoms with Crippen molar-refractivity contribution in [1.29, 1.82) is 0 Å². The van der Waals surface area contributed by atoms with Crippen LogP contribution in [0.5, 0.6) is 0 Å². The molecule has 1 unspecified atom stereocenters. The van der Waals surface area contributed by atoms with Crippen LogP contribution < -0.4 is 4.72 Å². The summed E-state index contributed by atoms with van der Waals surface area (Å²) in [5.74, 6) is -0.732. The lowest BCUT2D eigenvalue weighted by Gasteiger charge is -2.20. The standard InChI is InChI=1S/C18H18FN3O3S/c1-12(23)22-18(13-7-3-5-9-15(13)19)11-17(20-22)14-8-4-6-10-16(14)21-26(2,24)25/h3-10,18,21H,11H2,1-2H3. The third-order valence-electron chi connectivity index (χ3n) is 4.03. The number of para-hydroxylation sites is 1. The number of nitrogens with zero attached hydrogens (tertiary/aromatic N) is 2. The minimum atomic E-state index is -3.48. The lowest BCUT2D eigenvalue weighted by Crippen LogP contribution is -2.25. The second-order valence-corrected chi connectivity index (χ2v) is 7.82. The number of benzene rings is 2. The Morgan fingerprint density at radius 1 is 1.19 bits per heavy atom. The Morgan fingerprint density at radius 3 is 2.50 bits per heavy atom. The van der Waals surface area contributed by atoms with Crippen LogP contribution in [0.1, 0.15) is 30.5 Å². The van der Waals surface area contributed by atoms with Gasteiger partial charge in [-0.2, -0.15) is 5.10 Å². The zero-order valence-corrected chi connectivity index (χ0v) is 15.1. The van der Waals surface area contributed by atoms with Crippen molar-refractivity contribution in [3.8, 4) is 0 Å². The van der Waals surface area contributed by atoms with Crippen molar-refractivity contribution in [2.24, 2.45) is 5.10 Å². The SMILES string of the molecule is CC(=O)N1N=C(c2ccccc2NS(C)(=O)=O)CC1c1ccccc1F. The monoisotopic (exact) mass is 375 g/mol. The van der Waals surface area contributed by atoms with Crippen LogP contribution in [-0.2, 0) is 14.8 Å². The van der Waals surface area contributed by atoms with Gasteiger partial charge in [-0.25, -0.2) is 17.8 Å². The predicted octanol–water partition coefficient (Wildman–Crippen LogP) is 2.89. The minimum absolute atomic E-state index is 0.281. The van der Waals surface area contributed by atoms with E-state index in [2.05, 4.69) is 9.82 Å². The zero-order valence-electron chi connectivity index (χ0n) is 14.3. The number of sulfonamides is 1. The summed E-state index contributed by atoms with van der Waals surface area (Å²) in [4.78, 5) is 12.0. The maximum Gasteiger partial charge on any atom is 0.240 e. The van der Waals surface area contributed by atoms with Crippen LogP contribution in [0.3, 0.4) is 0 Å². The van der Waals surface area contributed by atoms with Gasteiger partial charge < -0.3 is 0 Å². The van der Waals surface area contributed by atoms with Gasteiger partial charge in [0.05, 0.1) is 23.7 Å². The molecule has 0 spiro atoms. The lowest BCUT2D eigenvalue weighted by molar-refractivity contribution is -0.130. The summed E-state index contributed by atoms with van der Waals surface area (Å²) in [6, 6.07) is 12.5. The number of halogens is 1. The van der Waals surface area contributed by atoms with E-state index in [-0.39, 0.29) is 12.3 Å². The maximum absolute atomic E-state index is 14.2. The molecule has 26 heavy (non-hydrogen) atoms. The van der Waals surface area contributed by atoms with Gasteiger partial charge in [0, 0.05) is 24.5 Å². The van der Waals surface area contributed by atoms with Gasteiger partial charge in [0.2, 0.25) is 15.9 Å². The molecule has 0 fully saturated rings. The van der Waals surface area contributed by atoms with E-state index in [0.717, 1.165) is 6.26 Å². The number of amides is 1. The van der Waals surface area contributed by atoms with Gasteiger partial charge in [0.25, 0.3) is 0 Å². The maximum atomic E-state index is 14.2. The van der Waals surface area contributed by atoms with Crippen molar-refractivity contribution in [3.05, 3.63) is 65.5 Å². The number of anilines is 1. The third kappa shape index (κ3) is 3.75. The van der Waals surface area contributed by atoms with E-state index in [1.54, 1.807) is 42.5 Å². The first-order valence-corrected chi connectivity index (χ1v) is 9.84. The molecule has 0 saturated carbocycles. The van der Waals surface area contributed by atoms with Crippen molar-refractivity contribution in [2.45, 2.75) is 19.4 Å². The van der Waals surface area contributed by atoms with E-state index in [4.69, 9.17) is 0 Å². The number of rotatable bonds is 4.